The largest absolute Gasteiger partial charge is 0.316 e. The van der Waals surface area contributed by atoms with Crippen molar-refractivity contribution in [2.45, 2.75) is 20.0 Å². The third-order valence-electron chi connectivity index (χ3n) is 2.51. The van der Waals surface area contributed by atoms with E-state index >= 15 is 0 Å². The molecule has 16 heavy (non-hydrogen) atoms. The maximum atomic E-state index is 4.41. The van der Waals surface area contributed by atoms with Gasteiger partial charge in [-0.1, -0.05) is 6.07 Å². The number of pyridine rings is 1. The second-order valence-electron chi connectivity index (χ2n) is 3.82. The van der Waals surface area contributed by atoms with Gasteiger partial charge in [0.1, 0.15) is 0 Å². The number of aromatic nitrogens is 3. The molecule has 0 amide bonds. The Balaban J connectivity index is 2.08. The van der Waals surface area contributed by atoms with Crippen molar-refractivity contribution in [2.24, 2.45) is 0 Å². The second-order valence-corrected chi connectivity index (χ2v) is 3.82. The van der Waals surface area contributed by atoms with Crippen LogP contribution < -0.4 is 5.32 Å². The predicted octanol–water partition coefficient (Wildman–Crippen LogP) is 1.35. The van der Waals surface area contributed by atoms with Gasteiger partial charge in [-0.3, -0.25) is 9.67 Å². The lowest BCUT2D eigenvalue weighted by atomic mass is 10.2. The van der Waals surface area contributed by atoms with Gasteiger partial charge in [-0.05, 0) is 31.7 Å². The molecule has 0 saturated carbocycles. The van der Waals surface area contributed by atoms with Crippen LogP contribution in [0.5, 0.6) is 0 Å². The van der Waals surface area contributed by atoms with E-state index in [1.165, 1.54) is 5.56 Å². The third kappa shape index (κ3) is 2.46. The molecule has 0 aliphatic rings. The first kappa shape index (κ1) is 10.8. The van der Waals surface area contributed by atoms with Crippen molar-refractivity contribution in [3.63, 3.8) is 0 Å². The predicted molar refractivity (Wildman–Crippen MR) is 63.1 cm³/mol. The standard InChI is InChI=1S/C12H16N4/c1-10-5-6-15-16(10)9-12-4-3-11(7-13-2)8-14-12/h3-6,8,13H,7,9H2,1-2H3. The van der Waals surface area contributed by atoms with Gasteiger partial charge in [0.25, 0.3) is 0 Å². The highest BCUT2D eigenvalue weighted by Crippen LogP contribution is 2.04. The second kappa shape index (κ2) is 4.90. The van der Waals surface area contributed by atoms with Gasteiger partial charge in [0.15, 0.2) is 0 Å². The lowest BCUT2D eigenvalue weighted by Crippen LogP contribution is -2.08. The van der Waals surface area contributed by atoms with Crippen molar-refractivity contribution in [1.82, 2.24) is 20.1 Å². The van der Waals surface area contributed by atoms with Crippen molar-refractivity contribution in [3.05, 3.63) is 47.5 Å². The van der Waals surface area contributed by atoms with E-state index in [-0.39, 0.29) is 0 Å². The zero-order valence-corrected chi connectivity index (χ0v) is 9.64. The zero-order chi connectivity index (χ0) is 11.4. The van der Waals surface area contributed by atoms with Crippen molar-refractivity contribution in [3.8, 4) is 0 Å². The van der Waals surface area contributed by atoms with E-state index in [0.717, 1.165) is 24.5 Å². The molecule has 4 nitrogen and oxygen atoms in total. The maximum absolute atomic E-state index is 4.41. The summed E-state index contributed by atoms with van der Waals surface area (Å²) in [4.78, 5) is 4.41. The summed E-state index contributed by atoms with van der Waals surface area (Å²) in [6.45, 7) is 3.63. The highest BCUT2D eigenvalue weighted by molar-refractivity contribution is 5.14. The van der Waals surface area contributed by atoms with Crippen LogP contribution in [0.4, 0.5) is 0 Å². The Kier molecular flexibility index (Phi) is 3.31. The molecule has 0 radical (unpaired) electrons. The molecular formula is C12H16N4. The highest BCUT2D eigenvalue weighted by Gasteiger charge is 2.00. The number of nitrogens with one attached hydrogen (secondary N) is 1. The Morgan fingerprint density at radius 2 is 2.19 bits per heavy atom. The molecular weight excluding hydrogens is 200 g/mol. The quantitative estimate of drug-likeness (QED) is 0.839. The van der Waals surface area contributed by atoms with Crippen LogP contribution in [-0.4, -0.2) is 21.8 Å². The van der Waals surface area contributed by atoms with E-state index in [1.54, 1.807) is 0 Å². The Morgan fingerprint density at radius 1 is 1.31 bits per heavy atom. The zero-order valence-electron chi connectivity index (χ0n) is 9.64. The number of hydrogen-bond acceptors (Lipinski definition) is 3. The number of rotatable bonds is 4. The lowest BCUT2D eigenvalue weighted by Gasteiger charge is -2.05. The molecule has 0 saturated heterocycles. The minimum atomic E-state index is 0.735. The minimum absolute atomic E-state index is 0.735. The number of aryl methyl sites for hydroxylation is 1. The topological polar surface area (TPSA) is 42.7 Å². The summed E-state index contributed by atoms with van der Waals surface area (Å²) in [6, 6.07) is 6.14. The van der Waals surface area contributed by atoms with Gasteiger partial charge in [-0.2, -0.15) is 5.10 Å². The average molecular weight is 216 g/mol. The molecule has 0 bridgehead atoms. The molecule has 2 rings (SSSR count). The Bertz CT molecular complexity index is 444. The molecule has 0 aliphatic carbocycles. The van der Waals surface area contributed by atoms with Gasteiger partial charge >= 0.3 is 0 Å². The molecule has 0 aliphatic heterocycles. The van der Waals surface area contributed by atoms with E-state index in [4.69, 9.17) is 0 Å². The normalized spacial score (nSPS) is 10.6. The first-order valence-electron chi connectivity index (χ1n) is 5.36. The van der Waals surface area contributed by atoms with Crippen LogP contribution in [0.3, 0.4) is 0 Å². The van der Waals surface area contributed by atoms with Gasteiger partial charge in [0, 0.05) is 24.6 Å². The van der Waals surface area contributed by atoms with Crippen molar-refractivity contribution >= 4 is 0 Å². The van der Waals surface area contributed by atoms with Crippen LogP contribution >= 0.6 is 0 Å². The summed E-state index contributed by atoms with van der Waals surface area (Å²) >= 11 is 0. The van der Waals surface area contributed by atoms with Crippen LogP contribution in [0.25, 0.3) is 0 Å². The fraction of sp³-hybridized carbons (Fsp3) is 0.333. The van der Waals surface area contributed by atoms with Gasteiger partial charge < -0.3 is 5.32 Å². The van der Waals surface area contributed by atoms with Crippen molar-refractivity contribution in [1.29, 1.82) is 0 Å². The SMILES string of the molecule is CNCc1ccc(Cn2nccc2C)nc1. The summed E-state index contributed by atoms with van der Waals surface area (Å²) in [7, 11) is 1.93. The highest BCUT2D eigenvalue weighted by atomic mass is 15.3. The van der Waals surface area contributed by atoms with Crippen LogP contribution in [0.2, 0.25) is 0 Å². The average Bonchev–Trinajstić information content (AvgIpc) is 2.68. The van der Waals surface area contributed by atoms with E-state index in [2.05, 4.69) is 21.5 Å². The van der Waals surface area contributed by atoms with E-state index < -0.39 is 0 Å². The molecule has 0 aromatic carbocycles. The van der Waals surface area contributed by atoms with Gasteiger partial charge in [-0.15, -0.1) is 0 Å². The molecule has 0 atom stereocenters. The summed E-state index contributed by atoms with van der Waals surface area (Å²) in [6.07, 6.45) is 3.72. The van der Waals surface area contributed by atoms with Gasteiger partial charge in [-0.25, -0.2) is 0 Å². The lowest BCUT2D eigenvalue weighted by molar-refractivity contribution is 0.651. The molecule has 2 aromatic rings. The molecule has 0 unspecified atom stereocenters. The smallest absolute Gasteiger partial charge is 0.0834 e. The summed E-state index contributed by atoms with van der Waals surface area (Å²) in [5.74, 6) is 0. The molecule has 1 N–H and O–H groups in total. The van der Waals surface area contributed by atoms with Gasteiger partial charge in [0.05, 0.1) is 12.2 Å². The minimum Gasteiger partial charge on any atom is -0.316 e. The van der Waals surface area contributed by atoms with Crippen LogP contribution in [0, 0.1) is 6.92 Å². The summed E-state index contributed by atoms with van der Waals surface area (Å²) in [5.41, 5.74) is 3.39. The number of nitrogens with zero attached hydrogens (tertiary/aromatic N) is 3. The fourth-order valence-corrected chi connectivity index (χ4v) is 1.58. The van der Waals surface area contributed by atoms with Crippen LogP contribution in [-0.2, 0) is 13.1 Å². The van der Waals surface area contributed by atoms with Gasteiger partial charge in [0.2, 0.25) is 0 Å². The van der Waals surface area contributed by atoms with Crippen LogP contribution in [0.15, 0.2) is 30.6 Å². The summed E-state index contributed by atoms with van der Waals surface area (Å²) < 4.78 is 1.94. The fourth-order valence-electron chi connectivity index (χ4n) is 1.58. The Morgan fingerprint density at radius 3 is 2.75 bits per heavy atom. The van der Waals surface area contributed by atoms with Crippen LogP contribution in [0.1, 0.15) is 17.0 Å². The molecule has 0 fully saturated rings. The van der Waals surface area contributed by atoms with Crippen molar-refractivity contribution < 1.29 is 0 Å². The maximum Gasteiger partial charge on any atom is 0.0834 e. The van der Waals surface area contributed by atoms with E-state index in [1.807, 2.05) is 43.2 Å². The van der Waals surface area contributed by atoms with E-state index in [9.17, 15) is 0 Å². The molecule has 84 valence electrons. The Labute approximate surface area is 95.3 Å². The first-order valence-corrected chi connectivity index (χ1v) is 5.36. The third-order valence-corrected chi connectivity index (χ3v) is 2.51. The first-order chi connectivity index (χ1) is 7.79. The Hall–Kier alpha value is -1.68. The molecule has 2 aromatic heterocycles. The van der Waals surface area contributed by atoms with Crippen molar-refractivity contribution in [2.75, 3.05) is 7.05 Å². The summed E-state index contributed by atoms with van der Waals surface area (Å²) in [5, 5.41) is 7.33. The number of hydrogen-bond donors (Lipinski definition) is 1. The monoisotopic (exact) mass is 216 g/mol. The molecule has 2 heterocycles. The molecule has 4 heteroatoms. The van der Waals surface area contributed by atoms with E-state index in [0.29, 0.717) is 0 Å². The molecule has 0 spiro atoms.